The molecule has 0 fully saturated rings. The Bertz CT molecular complexity index is 203. The van der Waals surface area contributed by atoms with Crippen LogP contribution >= 0.6 is 0 Å². The number of unbranched alkanes of at least 4 members (excludes halogenated alkanes) is 1. The number of hydrogen-bond donors (Lipinski definition) is 3. The zero-order valence-corrected chi connectivity index (χ0v) is 10.3. The molecule has 0 radical (unpaired) electrons. The van der Waals surface area contributed by atoms with E-state index in [1.807, 2.05) is 36.4 Å². The lowest BCUT2D eigenvalue weighted by Crippen LogP contribution is -2.22. The van der Waals surface area contributed by atoms with Gasteiger partial charge in [-0.05, 0) is 13.5 Å². The fourth-order valence-electron chi connectivity index (χ4n) is 0.751. The second-order valence-electron chi connectivity index (χ2n) is 2.81. The van der Waals surface area contributed by atoms with Crippen LogP contribution in [-0.2, 0) is 0 Å². The quantitative estimate of drug-likeness (QED) is 0.411. The molecular formula is C12H24N4. The predicted octanol–water partition coefficient (Wildman–Crippen LogP) is 1.32. The van der Waals surface area contributed by atoms with Gasteiger partial charge in [-0.2, -0.15) is 0 Å². The van der Waals surface area contributed by atoms with Gasteiger partial charge in [-0.15, -0.1) is 0 Å². The van der Waals surface area contributed by atoms with Gasteiger partial charge in [0, 0.05) is 6.54 Å². The number of nitrogens with zero attached hydrogens (tertiary/aromatic N) is 1. The molecule has 6 N–H and O–H groups in total. The van der Waals surface area contributed by atoms with E-state index >= 15 is 0 Å². The lowest BCUT2D eigenvalue weighted by atomic mass is 10.3. The average Bonchev–Trinajstić information content (AvgIpc) is 2.35. The minimum Gasteiger partial charge on any atom is -0.370 e. The topological polar surface area (TPSA) is 90.4 Å². The molecule has 1 aromatic carbocycles. The van der Waals surface area contributed by atoms with E-state index in [0.717, 1.165) is 19.4 Å². The third-order valence-electron chi connectivity index (χ3n) is 1.47. The molecule has 0 aliphatic rings. The summed E-state index contributed by atoms with van der Waals surface area (Å²) in [6, 6.07) is 12.0. The SMILES string of the molecule is CCCCN=C(N)N.CN.c1ccccc1. The zero-order chi connectivity index (χ0) is 12.6. The lowest BCUT2D eigenvalue weighted by Gasteiger charge is -1.89. The molecule has 0 saturated heterocycles. The molecule has 1 rings (SSSR count). The van der Waals surface area contributed by atoms with Crippen molar-refractivity contribution >= 4 is 5.96 Å². The maximum absolute atomic E-state index is 5.06. The monoisotopic (exact) mass is 224 g/mol. The van der Waals surface area contributed by atoms with Gasteiger partial charge in [0.2, 0.25) is 0 Å². The van der Waals surface area contributed by atoms with E-state index in [0.29, 0.717) is 0 Å². The molecule has 0 amide bonds. The van der Waals surface area contributed by atoms with Crippen LogP contribution in [0.15, 0.2) is 41.4 Å². The Hall–Kier alpha value is -1.55. The van der Waals surface area contributed by atoms with E-state index in [-0.39, 0.29) is 5.96 Å². The van der Waals surface area contributed by atoms with E-state index in [1.54, 1.807) is 0 Å². The molecule has 0 unspecified atom stereocenters. The second kappa shape index (κ2) is 15.9. The largest absolute Gasteiger partial charge is 0.370 e. The van der Waals surface area contributed by atoms with E-state index in [9.17, 15) is 0 Å². The van der Waals surface area contributed by atoms with Crippen LogP contribution in [0.5, 0.6) is 0 Å². The van der Waals surface area contributed by atoms with Crippen LogP contribution in [0.1, 0.15) is 19.8 Å². The molecule has 92 valence electrons. The Balaban J connectivity index is 0. The summed E-state index contributed by atoms with van der Waals surface area (Å²) in [4.78, 5) is 3.79. The van der Waals surface area contributed by atoms with Crippen LogP contribution in [0.25, 0.3) is 0 Å². The maximum Gasteiger partial charge on any atom is 0.185 e. The summed E-state index contributed by atoms with van der Waals surface area (Å²) in [6.07, 6.45) is 2.20. The van der Waals surface area contributed by atoms with Gasteiger partial charge < -0.3 is 17.2 Å². The highest BCUT2D eigenvalue weighted by molar-refractivity contribution is 5.75. The minimum absolute atomic E-state index is 0.193. The molecular weight excluding hydrogens is 200 g/mol. The summed E-state index contributed by atoms with van der Waals surface area (Å²) in [7, 11) is 1.50. The van der Waals surface area contributed by atoms with Crippen molar-refractivity contribution in [1.82, 2.24) is 0 Å². The molecule has 0 bridgehead atoms. The van der Waals surface area contributed by atoms with Crippen molar-refractivity contribution in [3.05, 3.63) is 36.4 Å². The standard InChI is InChI=1S/C6H6.C5H13N3.CH5N/c1-2-4-6-5-3-1;1-2-3-4-8-5(6)7;1-2/h1-6H;2-4H2,1H3,(H4,6,7,8);2H2,1H3. The number of guanidine groups is 1. The summed E-state index contributed by atoms with van der Waals surface area (Å²) >= 11 is 0. The summed E-state index contributed by atoms with van der Waals surface area (Å²) in [5.41, 5.74) is 14.6. The van der Waals surface area contributed by atoms with Gasteiger partial charge >= 0.3 is 0 Å². The molecule has 0 heterocycles. The Morgan fingerprint density at radius 2 is 1.31 bits per heavy atom. The van der Waals surface area contributed by atoms with Gasteiger partial charge in [-0.3, -0.25) is 4.99 Å². The van der Waals surface area contributed by atoms with Gasteiger partial charge in [0.15, 0.2) is 5.96 Å². The van der Waals surface area contributed by atoms with Gasteiger partial charge in [0.25, 0.3) is 0 Å². The van der Waals surface area contributed by atoms with Gasteiger partial charge in [0.1, 0.15) is 0 Å². The fourth-order valence-corrected chi connectivity index (χ4v) is 0.751. The number of rotatable bonds is 3. The summed E-state index contributed by atoms with van der Waals surface area (Å²) in [5, 5.41) is 0. The number of hydrogen-bond acceptors (Lipinski definition) is 2. The zero-order valence-electron chi connectivity index (χ0n) is 10.3. The van der Waals surface area contributed by atoms with Crippen LogP contribution < -0.4 is 17.2 Å². The van der Waals surface area contributed by atoms with E-state index in [1.165, 1.54) is 7.05 Å². The van der Waals surface area contributed by atoms with Crippen molar-refractivity contribution < 1.29 is 0 Å². The molecule has 4 heteroatoms. The summed E-state index contributed by atoms with van der Waals surface area (Å²) in [6.45, 7) is 2.86. The number of benzene rings is 1. The minimum atomic E-state index is 0.193. The van der Waals surface area contributed by atoms with Crippen molar-refractivity contribution in [2.75, 3.05) is 13.6 Å². The van der Waals surface area contributed by atoms with Gasteiger partial charge in [-0.1, -0.05) is 49.7 Å². The Morgan fingerprint density at radius 1 is 0.938 bits per heavy atom. The first kappa shape index (κ1) is 16.9. The van der Waals surface area contributed by atoms with Crippen molar-refractivity contribution in [1.29, 1.82) is 0 Å². The van der Waals surface area contributed by atoms with Crippen molar-refractivity contribution in [3.63, 3.8) is 0 Å². The molecule has 0 spiro atoms. The average molecular weight is 224 g/mol. The molecule has 1 aromatic rings. The molecule has 0 atom stereocenters. The normalized spacial score (nSPS) is 7.69. The van der Waals surface area contributed by atoms with Gasteiger partial charge in [-0.25, -0.2) is 0 Å². The first-order valence-corrected chi connectivity index (χ1v) is 5.40. The molecule has 16 heavy (non-hydrogen) atoms. The van der Waals surface area contributed by atoms with Crippen LogP contribution in [0.3, 0.4) is 0 Å². The highest BCUT2D eigenvalue weighted by Gasteiger charge is 1.79. The second-order valence-corrected chi connectivity index (χ2v) is 2.81. The van der Waals surface area contributed by atoms with Crippen molar-refractivity contribution in [2.24, 2.45) is 22.2 Å². The molecule has 0 aromatic heterocycles. The maximum atomic E-state index is 5.06. The first-order valence-electron chi connectivity index (χ1n) is 5.40. The van der Waals surface area contributed by atoms with Crippen molar-refractivity contribution in [3.8, 4) is 0 Å². The van der Waals surface area contributed by atoms with Crippen molar-refractivity contribution in [2.45, 2.75) is 19.8 Å². The smallest absolute Gasteiger partial charge is 0.185 e. The first-order chi connectivity index (χ1) is 7.77. The number of aliphatic imine (C=N–C) groups is 1. The van der Waals surface area contributed by atoms with Gasteiger partial charge in [0.05, 0.1) is 0 Å². The molecule has 0 aliphatic carbocycles. The van der Waals surface area contributed by atoms with Crippen LogP contribution in [0.4, 0.5) is 0 Å². The van der Waals surface area contributed by atoms with E-state index in [4.69, 9.17) is 11.5 Å². The summed E-state index contributed by atoms with van der Waals surface area (Å²) < 4.78 is 0. The summed E-state index contributed by atoms with van der Waals surface area (Å²) in [5.74, 6) is 0.193. The fraction of sp³-hybridized carbons (Fsp3) is 0.417. The lowest BCUT2D eigenvalue weighted by molar-refractivity contribution is 0.806. The molecule has 0 aliphatic heterocycles. The third-order valence-corrected chi connectivity index (χ3v) is 1.47. The molecule has 4 nitrogen and oxygen atoms in total. The van der Waals surface area contributed by atoms with Crippen LogP contribution in [-0.4, -0.2) is 19.6 Å². The highest BCUT2D eigenvalue weighted by atomic mass is 15.0. The Labute approximate surface area is 98.5 Å². The van der Waals surface area contributed by atoms with Crippen LogP contribution in [0, 0.1) is 0 Å². The Morgan fingerprint density at radius 3 is 1.56 bits per heavy atom. The van der Waals surface area contributed by atoms with Crippen LogP contribution in [0.2, 0.25) is 0 Å². The molecule has 0 saturated carbocycles. The van der Waals surface area contributed by atoms with E-state index < -0.39 is 0 Å². The number of nitrogens with two attached hydrogens (primary N) is 3. The highest BCUT2D eigenvalue weighted by Crippen LogP contribution is 1.84. The van der Waals surface area contributed by atoms with E-state index in [2.05, 4.69) is 17.6 Å². The Kier molecular flexibility index (Phi) is 16.8. The predicted molar refractivity (Wildman–Crippen MR) is 72.1 cm³/mol. The third kappa shape index (κ3) is 18.3.